The molecule has 0 fully saturated rings. The van der Waals surface area contributed by atoms with Crippen molar-refractivity contribution in [2.45, 2.75) is 6.10 Å². The van der Waals surface area contributed by atoms with Crippen molar-refractivity contribution >= 4 is 34.9 Å². The molecule has 0 aliphatic rings. The number of carboxylic acid groups (broad SMARTS) is 1. The third-order valence-corrected chi connectivity index (χ3v) is 2.85. The number of anilines is 1. The van der Waals surface area contributed by atoms with Gasteiger partial charge in [0.15, 0.2) is 6.10 Å². The highest BCUT2D eigenvalue weighted by atomic mass is 35.5. The van der Waals surface area contributed by atoms with E-state index in [4.69, 9.17) is 28.3 Å². The normalized spacial score (nSPS) is 12.2. The summed E-state index contributed by atoms with van der Waals surface area (Å²) in [7, 11) is 0. The summed E-state index contributed by atoms with van der Waals surface area (Å²) in [5.41, 5.74) is 1.25. The molecule has 0 unspecified atom stereocenters. The number of carbonyl (C=O) groups is 1. The maximum atomic E-state index is 10.6. The van der Waals surface area contributed by atoms with E-state index in [9.17, 15) is 9.90 Å². The minimum Gasteiger partial charge on any atom is -0.479 e. The van der Waals surface area contributed by atoms with Gasteiger partial charge >= 0.3 is 5.97 Å². The van der Waals surface area contributed by atoms with Gasteiger partial charge in [0.05, 0.1) is 0 Å². The van der Waals surface area contributed by atoms with Crippen LogP contribution < -0.4 is 4.90 Å². The molecule has 1 rings (SSSR count). The Morgan fingerprint density at radius 3 is 2.06 bits per heavy atom. The molecule has 0 aromatic heterocycles. The zero-order chi connectivity index (χ0) is 13.5. The number of aliphatic hydroxyl groups excluding tert-OH is 1. The first-order valence-corrected chi connectivity index (χ1v) is 6.54. The van der Waals surface area contributed by atoms with Crippen molar-refractivity contribution in [2.75, 3.05) is 29.7 Å². The number of aliphatic carboxylic acids is 1. The third-order valence-electron chi connectivity index (χ3n) is 2.52. The predicted octanol–water partition coefficient (Wildman–Crippen LogP) is 2.09. The number of hydrogen-bond acceptors (Lipinski definition) is 3. The van der Waals surface area contributed by atoms with Crippen molar-refractivity contribution in [2.24, 2.45) is 0 Å². The van der Waals surface area contributed by atoms with Gasteiger partial charge in [0.25, 0.3) is 0 Å². The summed E-state index contributed by atoms with van der Waals surface area (Å²) in [6.45, 7) is 1.32. The van der Waals surface area contributed by atoms with E-state index in [0.717, 1.165) is 5.69 Å². The van der Waals surface area contributed by atoms with Crippen molar-refractivity contribution in [3.05, 3.63) is 29.8 Å². The second kappa shape index (κ2) is 7.46. The molecule has 0 saturated carbocycles. The first-order chi connectivity index (χ1) is 8.60. The summed E-state index contributed by atoms with van der Waals surface area (Å²) < 4.78 is 0. The Morgan fingerprint density at radius 2 is 1.67 bits per heavy atom. The summed E-state index contributed by atoms with van der Waals surface area (Å²) in [5.74, 6) is -0.298. The minimum atomic E-state index is -1.49. The molecule has 2 N–H and O–H groups in total. The van der Waals surface area contributed by atoms with Gasteiger partial charge in [-0.05, 0) is 17.7 Å². The van der Waals surface area contributed by atoms with E-state index in [0.29, 0.717) is 30.4 Å². The van der Waals surface area contributed by atoms with Gasteiger partial charge < -0.3 is 15.1 Å². The molecule has 1 aromatic carbocycles. The number of alkyl halides is 2. The van der Waals surface area contributed by atoms with Gasteiger partial charge in [0, 0.05) is 30.5 Å². The van der Waals surface area contributed by atoms with Crippen LogP contribution >= 0.6 is 23.2 Å². The second-order valence-corrected chi connectivity index (χ2v) is 4.45. The van der Waals surface area contributed by atoms with Crippen LogP contribution in [-0.4, -0.2) is 41.0 Å². The van der Waals surface area contributed by atoms with E-state index in [1.165, 1.54) is 0 Å². The lowest BCUT2D eigenvalue weighted by molar-refractivity contribution is -0.146. The van der Waals surface area contributed by atoms with Crippen molar-refractivity contribution < 1.29 is 15.0 Å². The highest BCUT2D eigenvalue weighted by molar-refractivity contribution is 6.18. The van der Waals surface area contributed by atoms with E-state index >= 15 is 0 Å². The predicted molar refractivity (Wildman–Crippen MR) is 72.7 cm³/mol. The number of carboxylic acids is 1. The van der Waals surface area contributed by atoms with E-state index in [1.54, 1.807) is 24.3 Å². The van der Waals surface area contributed by atoms with Crippen LogP contribution in [0.2, 0.25) is 0 Å². The minimum absolute atomic E-state index is 0.350. The molecule has 0 amide bonds. The van der Waals surface area contributed by atoms with Crippen molar-refractivity contribution in [1.82, 2.24) is 0 Å². The first-order valence-electron chi connectivity index (χ1n) is 5.48. The molecular weight excluding hydrogens is 277 g/mol. The van der Waals surface area contributed by atoms with Crippen LogP contribution in [0.5, 0.6) is 0 Å². The molecule has 0 bridgehead atoms. The molecule has 0 spiro atoms. The molecule has 1 atom stereocenters. The molecule has 18 heavy (non-hydrogen) atoms. The molecule has 0 radical (unpaired) electrons. The second-order valence-electron chi connectivity index (χ2n) is 3.70. The SMILES string of the molecule is O=C(O)[C@H](O)c1ccc(N(CCCl)CCCl)cc1. The highest BCUT2D eigenvalue weighted by Gasteiger charge is 2.15. The summed E-state index contributed by atoms with van der Waals surface area (Å²) in [6, 6.07) is 6.67. The number of rotatable bonds is 7. The van der Waals surface area contributed by atoms with Crippen LogP contribution in [0, 0.1) is 0 Å². The van der Waals surface area contributed by atoms with Gasteiger partial charge in [-0.2, -0.15) is 0 Å². The smallest absolute Gasteiger partial charge is 0.337 e. The number of benzene rings is 1. The fraction of sp³-hybridized carbons (Fsp3) is 0.417. The number of aliphatic hydroxyl groups is 1. The lowest BCUT2D eigenvalue weighted by Crippen LogP contribution is -2.27. The summed E-state index contributed by atoms with van der Waals surface area (Å²) in [5, 5.41) is 18.1. The summed E-state index contributed by atoms with van der Waals surface area (Å²) in [4.78, 5) is 12.6. The van der Waals surface area contributed by atoms with Crippen LogP contribution in [0.1, 0.15) is 11.7 Å². The Hall–Kier alpha value is -0.970. The summed E-state index contributed by atoms with van der Waals surface area (Å²) >= 11 is 11.4. The van der Waals surface area contributed by atoms with Gasteiger partial charge in [0.2, 0.25) is 0 Å². The molecule has 100 valence electrons. The average molecular weight is 292 g/mol. The lowest BCUT2D eigenvalue weighted by Gasteiger charge is -2.23. The average Bonchev–Trinajstić information content (AvgIpc) is 2.38. The maximum absolute atomic E-state index is 10.6. The van der Waals surface area contributed by atoms with Gasteiger partial charge in [-0.25, -0.2) is 4.79 Å². The first kappa shape index (κ1) is 15.1. The zero-order valence-corrected chi connectivity index (χ0v) is 11.2. The Kier molecular flexibility index (Phi) is 6.25. The van der Waals surface area contributed by atoms with Crippen molar-refractivity contribution in [1.29, 1.82) is 0 Å². The van der Waals surface area contributed by atoms with Gasteiger partial charge in [-0.1, -0.05) is 12.1 Å². The Labute approximate surface area is 116 Å². The Bertz CT molecular complexity index is 377. The number of halogens is 2. The van der Waals surface area contributed by atoms with E-state index in [2.05, 4.69) is 0 Å². The molecule has 0 aliphatic carbocycles. The quantitative estimate of drug-likeness (QED) is 0.755. The zero-order valence-electron chi connectivity index (χ0n) is 9.72. The largest absolute Gasteiger partial charge is 0.479 e. The standard InChI is InChI=1S/C12H15Cl2NO3/c13-5-7-15(8-6-14)10-3-1-9(2-4-10)11(16)12(17)18/h1-4,11,16H,5-8H2,(H,17,18)/t11-/m1/s1. The third kappa shape index (κ3) is 4.05. The molecule has 1 aromatic rings. The summed E-state index contributed by atoms with van der Waals surface area (Å²) in [6.07, 6.45) is -1.49. The van der Waals surface area contributed by atoms with E-state index in [-0.39, 0.29) is 0 Å². The maximum Gasteiger partial charge on any atom is 0.337 e. The molecule has 0 aliphatic heterocycles. The molecule has 0 saturated heterocycles. The van der Waals surface area contributed by atoms with Crippen molar-refractivity contribution in [3.8, 4) is 0 Å². The molecule has 0 heterocycles. The van der Waals surface area contributed by atoms with Crippen LogP contribution in [0.25, 0.3) is 0 Å². The molecule has 4 nitrogen and oxygen atoms in total. The highest BCUT2D eigenvalue weighted by Crippen LogP contribution is 2.19. The van der Waals surface area contributed by atoms with Crippen LogP contribution in [0.15, 0.2) is 24.3 Å². The van der Waals surface area contributed by atoms with E-state index in [1.807, 2.05) is 4.90 Å². The van der Waals surface area contributed by atoms with Gasteiger partial charge in [-0.3, -0.25) is 0 Å². The molecular formula is C12H15Cl2NO3. The molecule has 6 heteroatoms. The Balaban J connectivity index is 2.82. The van der Waals surface area contributed by atoms with E-state index < -0.39 is 12.1 Å². The Morgan fingerprint density at radius 1 is 1.17 bits per heavy atom. The fourth-order valence-corrected chi connectivity index (χ4v) is 1.99. The van der Waals surface area contributed by atoms with Gasteiger partial charge in [-0.15, -0.1) is 23.2 Å². The number of hydrogen-bond donors (Lipinski definition) is 2. The fourth-order valence-electron chi connectivity index (χ4n) is 1.58. The van der Waals surface area contributed by atoms with Crippen LogP contribution in [0.4, 0.5) is 5.69 Å². The van der Waals surface area contributed by atoms with Crippen LogP contribution in [0.3, 0.4) is 0 Å². The topological polar surface area (TPSA) is 60.8 Å². The van der Waals surface area contributed by atoms with Gasteiger partial charge in [0.1, 0.15) is 0 Å². The number of nitrogens with zero attached hydrogens (tertiary/aromatic N) is 1. The van der Waals surface area contributed by atoms with Crippen LogP contribution in [-0.2, 0) is 4.79 Å². The van der Waals surface area contributed by atoms with Crippen molar-refractivity contribution in [3.63, 3.8) is 0 Å². The monoisotopic (exact) mass is 291 g/mol. The lowest BCUT2D eigenvalue weighted by atomic mass is 10.1.